The highest BCUT2D eigenvalue weighted by Crippen LogP contribution is 2.00. The van der Waals surface area contributed by atoms with Crippen LogP contribution in [0, 0.1) is 0 Å². The lowest BCUT2D eigenvalue weighted by Gasteiger charge is -2.05. The lowest BCUT2D eigenvalue weighted by atomic mass is 10.9. The number of hydrogen-bond donors (Lipinski definition) is 3. The van der Waals surface area contributed by atoms with Gasteiger partial charge in [-0.25, -0.2) is 10.6 Å². The Morgan fingerprint density at radius 3 is 2.92 bits per heavy atom. The molecule has 2 rings (SSSR count). The molecule has 3 N–H and O–H groups in total. The molecule has 0 amide bonds. The number of rotatable bonds is 1. The molecular weight excluding hydrogens is 176 g/mol. The van der Waals surface area contributed by atoms with Crippen LogP contribution in [0.25, 0.3) is 0 Å². The zero-order valence-corrected chi connectivity index (χ0v) is 6.63. The monoisotopic (exact) mass is 182 g/mol. The molecule has 1 aliphatic heterocycles. The van der Waals surface area contributed by atoms with E-state index >= 15 is 0 Å². The summed E-state index contributed by atoms with van der Waals surface area (Å²) >= 11 is 0. The second-order valence-electron chi connectivity index (χ2n) is 2.12. The van der Waals surface area contributed by atoms with Gasteiger partial charge in [-0.05, 0) is 10.4 Å². The van der Waals surface area contributed by atoms with Crippen LogP contribution in [0.15, 0.2) is 15.3 Å². The van der Waals surface area contributed by atoms with Crippen LogP contribution < -0.4 is 11.1 Å². The number of azo groups is 1. The molecule has 0 aromatic carbocycles. The van der Waals surface area contributed by atoms with Crippen molar-refractivity contribution in [2.45, 2.75) is 0 Å². The van der Waals surface area contributed by atoms with E-state index in [1.165, 1.54) is 0 Å². The summed E-state index contributed by atoms with van der Waals surface area (Å²) in [5.74, 6) is 0.611. The van der Waals surface area contributed by atoms with E-state index in [2.05, 4.69) is 47.0 Å². The smallest absolute Gasteiger partial charge is 0.258 e. The van der Waals surface area contributed by atoms with Gasteiger partial charge in [0.1, 0.15) is 0 Å². The van der Waals surface area contributed by atoms with Crippen LogP contribution in [0.4, 0.5) is 5.95 Å². The number of guanidine groups is 1. The Bertz CT molecular complexity index is 322. The highest BCUT2D eigenvalue weighted by atomic mass is 15.8. The van der Waals surface area contributed by atoms with Crippen molar-refractivity contribution < 1.29 is 0 Å². The number of H-pyrrole nitrogens is 1. The summed E-state index contributed by atoms with van der Waals surface area (Å²) in [4.78, 5) is 0. The first-order valence-corrected chi connectivity index (χ1v) is 3.34. The first-order valence-electron chi connectivity index (χ1n) is 3.34. The fourth-order valence-corrected chi connectivity index (χ4v) is 0.653. The summed E-state index contributed by atoms with van der Waals surface area (Å²) in [6.07, 6.45) is 0. The van der Waals surface area contributed by atoms with E-state index in [1.807, 2.05) is 0 Å². The Morgan fingerprint density at radius 1 is 1.38 bits per heavy atom. The molecule has 0 unspecified atom stereocenters. The van der Waals surface area contributed by atoms with Gasteiger partial charge in [0.2, 0.25) is 0 Å². The summed E-state index contributed by atoms with van der Waals surface area (Å²) in [6, 6.07) is 0. The minimum absolute atomic E-state index is 0.225. The zero-order valence-electron chi connectivity index (χ0n) is 6.63. The van der Waals surface area contributed by atoms with E-state index in [9.17, 15) is 0 Å². The maximum Gasteiger partial charge on any atom is 0.285 e. The third-order valence-electron chi connectivity index (χ3n) is 1.24. The minimum atomic E-state index is 0.225. The number of hydrogen-bond acceptors (Lipinski definition) is 9. The predicted octanol–water partition coefficient (Wildman–Crippen LogP) is -1.49. The van der Waals surface area contributed by atoms with Crippen LogP contribution in [0.3, 0.4) is 0 Å². The quantitative estimate of drug-likeness (QED) is 0.455. The van der Waals surface area contributed by atoms with Crippen molar-refractivity contribution in [3.05, 3.63) is 0 Å². The minimum Gasteiger partial charge on any atom is -0.258 e. The number of tetrazole rings is 1. The van der Waals surface area contributed by atoms with E-state index in [1.54, 1.807) is 12.1 Å². The third-order valence-corrected chi connectivity index (χ3v) is 1.24. The van der Waals surface area contributed by atoms with E-state index in [0.29, 0.717) is 5.96 Å². The van der Waals surface area contributed by atoms with Crippen molar-refractivity contribution in [3.8, 4) is 0 Å². The third kappa shape index (κ3) is 1.56. The molecule has 0 radical (unpaired) electrons. The van der Waals surface area contributed by atoms with Gasteiger partial charge in [-0.15, -0.1) is 20.9 Å². The molecule has 2 heterocycles. The molecule has 0 atom stereocenters. The molecular formula is C3H6N10. The van der Waals surface area contributed by atoms with Crippen molar-refractivity contribution in [2.75, 3.05) is 7.05 Å². The maximum absolute atomic E-state index is 3.75. The van der Waals surface area contributed by atoms with Gasteiger partial charge in [-0.1, -0.05) is 5.10 Å². The molecule has 13 heavy (non-hydrogen) atoms. The van der Waals surface area contributed by atoms with E-state index in [4.69, 9.17) is 0 Å². The van der Waals surface area contributed by atoms with Crippen LogP contribution in [-0.4, -0.2) is 38.6 Å². The molecule has 0 saturated carbocycles. The van der Waals surface area contributed by atoms with Crippen LogP contribution in [0.2, 0.25) is 0 Å². The number of hydrazine groups is 2. The molecule has 10 heteroatoms. The topological polar surface area (TPSA) is 119 Å². The fraction of sp³-hybridized carbons (Fsp3) is 0.333. The molecule has 1 aliphatic rings. The van der Waals surface area contributed by atoms with E-state index in [0.717, 1.165) is 0 Å². The van der Waals surface area contributed by atoms with Crippen molar-refractivity contribution >= 4 is 11.9 Å². The Labute approximate surface area is 72.0 Å². The Hall–Kier alpha value is -2.10. The molecule has 1 aromatic rings. The second-order valence-corrected chi connectivity index (χ2v) is 2.12. The average Bonchev–Trinajstić information content (AvgIpc) is 2.72. The highest BCUT2D eigenvalue weighted by Gasteiger charge is 2.10. The summed E-state index contributed by atoms with van der Waals surface area (Å²) in [5, 5.41) is 25.3. The largest absolute Gasteiger partial charge is 0.285 e. The summed E-state index contributed by atoms with van der Waals surface area (Å²) in [6.45, 7) is 0. The molecule has 1 aromatic heterocycles. The van der Waals surface area contributed by atoms with Crippen LogP contribution in [0.1, 0.15) is 0 Å². The predicted molar refractivity (Wildman–Crippen MR) is 40.2 cm³/mol. The molecule has 0 aliphatic carbocycles. The van der Waals surface area contributed by atoms with E-state index in [-0.39, 0.29) is 5.95 Å². The summed E-state index contributed by atoms with van der Waals surface area (Å²) < 4.78 is 0. The number of nitrogens with zero attached hydrogens (tertiary/aromatic N) is 7. The normalized spacial score (nSPS) is 16.4. The van der Waals surface area contributed by atoms with Crippen LogP contribution in [-0.2, 0) is 0 Å². The van der Waals surface area contributed by atoms with Gasteiger partial charge < -0.3 is 0 Å². The standard InChI is InChI=1S/C3H6N10/c1-13-3(8-11-12-13)7-4-2-5-9-10-6-2/h11-12H,1H3,(H,5,6,9,10)/b7-4+. The fourth-order valence-electron chi connectivity index (χ4n) is 0.653. The molecule has 0 saturated heterocycles. The first kappa shape index (κ1) is 7.54. The van der Waals surface area contributed by atoms with Crippen molar-refractivity contribution in [2.24, 2.45) is 15.3 Å². The van der Waals surface area contributed by atoms with Gasteiger partial charge >= 0.3 is 0 Å². The molecule has 0 spiro atoms. The Morgan fingerprint density at radius 2 is 2.31 bits per heavy atom. The highest BCUT2D eigenvalue weighted by molar-refractivity contribution is 5.80. The number of hydrazone groups is 1. The zero-order chi connectivity index (χ0) is 9.10. The maximum atomic E-state index is 3.75. The SMILES string of the molecule is CN1NNN=C1/N=N/c1nnn[nH]1. The van der Waals surface area contributed by atoms with Crippen molar-refractivity contribution in [3.63, 3.8) is 0 Å². The Kier molecular flexibility index (Phi) is 1.80. The summed E-state index contributed by atoms with van der Waals surface area (Å²) in [7, 11) is 1.73. The molecule has 0 fully saturated rings. The molecule has 68 valence electrons. The van der Waals surface area contributed by atoms with Gasteiger partial charge in [0.15, 0.2) is 0 Å². The average molecular weight is 182 g/mol. The summed E-state index contributed by atoms with van der Waals surface area (Å²) in [5.41, 5.74) is 5.16. The Balaban J connectivity index is 2.05. The molecule has 10 nitrogen and oxygen atoms in total. The van der Waals surface area contributed by atoms with Gasteiger partial charge in [0.05, 0.1) is 0 Å². The first-order chi connectivity index (χ1) is 6.36. The van der Waals surface area contributed by atoms with Crippen molar-refractivity contribution in [1.82, 2.24) is 36.7 Å². The van der Waals surface area contributed by atoms with Crippen molar-refractivity contribution in [1.29, 1.82) is 0 Å². The van der Waals surface area contributed by atoms with Crippen LogP contribution >= 0.6 is 0 Å². The molecule has 0 bridgehead atoms. The van der Waals surface area contributed by atoms with Crippen LogP contribution in [0.5, 0.6) is 0 Å². The van der Waals surface area contributed by atoms with E-state index < -0.39 is 0 Å². The number of aromatic nitrogens is 4. The number of nitrogens with one attached hydrogen (secondary N) is 3. The van der Waals surface area contributed by atoms with Gasteiger partial charge in [0.25, 0.3) is 11.9 Å². The van der Waals surface area contributed by atoms with Gasteiger partial charge in [-0.2, -0.15) is 0 Å². The second kappa shape index (κ2) is 3.10. The van der Waals surface area contributed by atoms with Gasteiger partial charge in [0, 0.05) is 7.05 Å². The van der Waals surface area contributed by atoms with Gasteiger partial charge in [-0.3, -0.25) is 5.01 Å². The lowest BCUT2D eigenvalue weighted by molar-refractivity contribution is 0.346. The lowest BCUT2D eigenvalue weighted by Crippen LogP contribution is -2.36. The number of aromatic amines is 1.